The van der Waals surface area contributed by atoms with E-state index in [2.05, 4.69) is 24.1 Å². The van der Waals surface area contributed by atoms with Gasteiger partial charge in [0.15, 0.2) is 0 Å². The van der Waals surface area contributed by atoms with Crippen LogP contribution in [0.25, 0.3) is 0 Å². The second-order valence-corrected chi connectivity index (χ2v) is 4.61. The monoisotopic (exact) mass is 240 g/mol. The Kier molecular flexibility index (Phi) is 6.89. The van der Waals surface area contributed by atoms with Crippen molar-refractivity contribution in [2.45, 2.75) is 32.2 Å². The molecule has 0 bridgehead atoms. The molecule has 1 fully saturated rings. The highest BCUT2D eigenvalue weighted by Gasteiger charge is 2.22. The predicted molar refractivity (Wildman–Crippen MR) is 68.8 cm³/mol. The van der Waals surface area contributed by atoms with Crippen molar-refractivity contribution in [3.63, 3.8) is 0 Å². The number of nitrogens with one attached hydrogen (secondary N) is 2. The van der Waals surface area contributed by atoms with Crippen molar-refractivity contribution in [1.82, 2.24) is 10.6 Å². The van der Waals surface area contributed by atoms with Crippen LogP contribution in [-0.2, 0) is 9.53 Å². The van der Waals surface area contributed by atoms with Crippen molar-refractivity contribution >= 4 is 5.91 Å². The third kappa shape index (κ3) is 5.84. The van der Waals surface area contributed by atoms with Crippen LogP contribution in [0, 0.1) is 5.92 Å². The van der Waals surface area contributed by atoms with Gasteiger partial charge in [0.25, 0.3) is 0 Å². The molecule has 0 spiro atoms. The van der Waals surface area contributed by atoms with Crippen LogP contribution in [0.5, 0.6) is 0 Å². The van der Waals surface area contributed by atoms with Crippen molar-refractivity contribution in [2.24, 2.45) is 5.92 Å². The van der Waals surface area contributed by atoms with Gasteiger partial charge in [-0.3, -0.25) is 4.79 Å². The second-order valence-electron chi connectivity index (χ2n) is 4.61. The summed E-state index contributed by atoms with van der Waals surface area (Å²) in [6.45, 7) is 8.92. The molecule has 0 radical (unpaired) electrons. The van der Waals surface area contributed by atoms with Gasteiger partial charge in [0.2, 0.25) is 5.91 Å². The van der Waals surface area contributed by atoms with Crippen LogP contribution >= 0.6 is 0 Å². The van der Waals surface area contributed by atoms with E-state index in [-0.39, 0.29) is 5.91 Å². The summed E-state index contributed by atoms with van der Waals surface area (Å²) >= 11 is 0. The van der Waals surface area contributed by atoms with Crippen molar-refractivity contribution in [1.29, 1.82) is 0 Å². The first-order valence-electron chi connectivity index (χ1n) is 6.42. The maximum atomic E-state index is 11.7. The largest absolute Gasteiger partial charge is 0.377 e. The maximum absolute atomic E-state index is 11.7. The summed E-state index contributed by atoms with van der Waals surface area (Å²) in [5.74, 6) is 0.663. The van der Waals surface area contributed by atoms with Gasteiger partial charge in [-0.1, -0.05) is 13.0 Å². The molecule has 0 saturated carbocycles. The summed E-state index contributed by atoms with van der Waals surface area (Å²) in [5.41, 5.74) is 0. The molecule has 1 heterocycles. The average molecular weight is 240 g/mol. The summed E-state index contributed by atoms with van der Waals surface area (Å²) in [6, 6.07) is 0.331. The first kappa shape index (κ1) is 14.2. The molecule has 17 heavy (non-hydrogen) atoms. The van der Waals surface area contributed by atoms with Crippen LogP contribution in [0.15, 0.2) is 12.7 Å². The lowest BCUT2D eigenvalue weighted by Crippen LogP contribution is -2.48. The van der Waals surface area contributed by atoms with Crippen LogP contribution in [-0.4, -0.2) is 38.3 Å². The van der Waals surface area contributed by atoms with Gasteiger partial charge in [-0.15, -0.1) is 6.58 Å². The molecule has 98 valence electrons. The van der Waals surface area contributed by atoms with Gasteiger partial charge in [0, 0.05) is 19.1 Å². The van der Waals surface area contributed by atoms with Crippen molar-refractivity contribution in [3.8, 4) is 0 Å². The first-order valence-corrected chi connectivity index (χ1v) is 6.42. The molecule has 0 aromatic rings. The van der Waals surface area contributed by atoms with E-state index in [0.717, 1.165) is 25.9 Å². The Labute approximate surface area is 104 Å². The molecule has 0 aliphatic carbocycles. The number of hydrogen-bond acceptors (Lipinski definition) is 3. The minimum Gasteiger partial charge on any atom is -0.377 e. The van der Waals surface area contributed by atoms with Gasteiger partial charge in [-0.25, -0.2) is 0 Å². The molecule has 1 aliphatic rings. The smallest absolute Gasteiger partial charge is 0.220 e. The summed E-state index contributed by atoms with van der Waals surface area (Å²) in [6.07, 6.45) is 4.07. The van der Waals surface area contributed by atoms with E-state index in [1.165, 1.54) is 0 Å². The van der Waals surface area contributed by atoms with Crippen LogP contribution in [0.4, 0.5) is 0 Å². The molecule has 2 unspecified atom stereocenters. The number of carbonyl (C=O) groups is 1. The first-order chi connectivity index (χ1) is 8.24. The molecule has 4 heteroatoms. The molecule has 1 aliphatic heterocycles. The van der Waals surface area contributed by atoms with Crippen LogP contribution in [0.1, 0.15) is 26.2 Å². The van der Waals surface area contributed by atoms with Gasteiger partial charge >= 0.3 is 0 Å². The SMILES string of the molecule is C=CCOCCCC(=O)NC1CCNCC1C. The molecular formula is C13H24N2O2. The molecule has 1 saturated heterocycles. The fraction of sp³-hybridized carbons (Fsp3) is 0.769. The lowest BCUT2D eigenvalue weighted by Gasteiger charge is -2.30. The highest BCUT2D eigenvalue weighted by atomic mass is 16.5. The van der Waals surface area contributed by atoms with Gasteiger partial charge < -0.3 is 15.4 Å². The number of ether oxygens (including phenoxy) is 1. The Balaban J connectivity index is 2.09. The Hall–Kier alpha value is -0.870. The number of hydrogen-bond donors (Lipinski definition) is 2. The van der Waals surface area contributed by atoms with E-state index in [1.807, 2.05) is 0 Å². The maximum Gasteiger partial charge on any atom is 0.220 e. The highest BCUT2D eigenvalue weighted by Crippen LogP contribution is 2.10. The summed E-state index contributed by atoms with van der Waals surface area (Å²) < 4.78 is 5.24. The van der Waals surface area contributed by atoms with E-state index in [4.69, 9.17) is 4.74 Å². The fourth-order valence-electron chi connectivity index (χ4n) is 2.01. The fourth-order valence-corrected chi connectivity index (χ4v) is 2.01. The molecule has 0 aromatic heterocycles. The number of carbonyl (C=O) groups excluding carboxylic acids is 1. The minimum atomic E-state index is 0.144. The Morgan fingerprint density at radius 3 is 3.18 bits per heavy atom. The van der Waals surface area contributed by atoms with E-state index in [1.54, 1.807) is 6.08 Å². The molecule has 2 N–H and O–H groups in total. The molecule has 2 atom stereocenters. The van der Waals surface area contributed by atoms with Gasteiger partial charge in [0.05, 0.1) is 6.61 Å². The van der Waals surface area contributed by atoms with Crippen molar-refractivity contribution < 1.29 is 9.53 Å². The molecule has 4 nitrogen and oxygen atoms in total. The molecule has 1 rings (SSSR count). The van der Waals surface area contributed by atoms with E-state index in [0.29, 0.717) is 31.6 Å². The molecule has 1 amide bonds. The highest BCUT2D eigenvalue weighted by molar-refractivity contribution is 5.76. The van der Waals surface area contributed by atoms with Crippen molar-refractivity contribution in [3.05, 3.63) is 12.7 Å². The van der Waals surface area contributed by atoms with Crippen LogP contribution in [0.2, 0.25) is 0 Å². The quantitative estimate of drug-likeness (QED) is 0.517. The Bertz CT molecular complexity index is 244. The zero-order valence-corrected chi connectivity index (χ0v) is 10.7. The Morgan fingerprint density at radius 1 is 1.65 bits per heavy atom. The Morgan fingerprint density at radius 2 is 2.47 bits per heavy atom. The lowest BCUT2D eigenvalue weighted by atomic mass is 9.95. The third-order valence-electron chi connectivity index (χ3n) is 3.06. The predicted octanol–water partition coefficient (Wildman–Crippen LogP) is 1.08. The summed E-state index contributed by atoms with van der Waals surface area (Å²) in [4.78, 5) is 11.7. The van der Waals surface area contributed by atoms with Crippen LogP contribution < -0.4 is 10.6 Å². The summed E-state index contributed by atoms with van der Waals surface area (Å²) in [7, 11) is 0. The van der Waals surface area contributed by atoms with Gasteiger partial charge in [-0.05, 0) is 31.8 Å². The van der Waals surface area contributed by atoms with E-state index < -0.39 is 0 Å². The van der Waals surface area contributed by atoms with Crippen LogP contribution in [0.3, 0.4) is 0 Å². The van der Waals surface area contributed by atoms with Gasteiger partial charge in [0.1, 0.15) is 0 Å². The van der Waals surface area contributed by atoms with Gasteiger partial charge in [-0.2, -0.15) is 0 Å². The molecule has 0 aromatic carbocycles. The zero-order valence-electron chi connectivity index (χ0n) is 10.7. The summed E-state index contributed by atoms with van der Waals surface area (Å²) in [5, 5.41) is 6.43. The topological polar surface area (TPSA) is 50.4 Å². The lowest BCUT2D eigenvalue weighted by molar-refractivity contribution is -0.122. The second kappa shape index (κ2) is 8.25. The number of rotatable bonds is 7. The van der Waals surface area contributed by atoms with E-state index in [9.17, 15) is 4.79 Å². The molecular weight excluding hydrogens is 216 g/mol. The normalized spacial score (nSPS) is 24.3. The number of piperidine rings is 1. The third-order valence-corrected chi connectivity index (χ3v) is 3.06. The average Bonchev–Trinajstić information content (AvgIpc) is 2.32. The minimum absolute atomic E-state index is 0.144. The standard InChI is InChI=1S/C13H24N2O2/c1-3-8-17-9-4-5-13(16)15-12-6-7-14-10-11(12)2/h3,11-12,14H,1,4-10H2,2H3,(H,15,16). The van der Waals surface area contributed by atoms with Crippen molar-refractivity contribution in [2.75, 3.05) is 26.3 Å². The van der Waals surface area contributed by atoms with E-state index >= 15 is 0 Å². The number of amides is 1. The zero-order chi connectivity index (χ0) is 12.5.